The molecule has 0 spiro atoms. The van der Waals surface area contributed by atoms with E-state index < -0.39 is 0 Å². The van der Waals surface area contributed by atoms with E-state index in [1.807, 2.05) is 42.6 Å². The first-order valence-electron chi connectivity index (χ1n) is 9.69. The van der Waals surface area contributed by atoms with E-state index in [1.54, 1.807) is 0 Å². The Balaban J connectivity index is 1.70. The molecule has 2 aromatic carbocycles. The molecule has 5 rings (SSSR count). The van der Waals surface area contributed by atoms with Crippen molar-refractivity contribution in [3.63, 3.8) is 0 Å². The van der Waals surface area contributed by atoms with Gasteiger partial charge >= 0.3 is 0 Å². The Morgan fingerprint density at radius 2 is 1.76 bits per heavy atom. The van der Waals surface area contributed by atoms with Crippen molar-refractivity contribution >= 4 is 27.8 Å². The van der Waals surface area contributed by atoms with Gasteiger partial charge in [0, 0.05) is 11.7 Å². The van der Waals surface area contributed by atoms with E-state index in [4.69, 9.17) is 14.4 Å². The second kappa shape index (κ2) is 6.48. The number of rotatable bonds is 3. The smallest absolute Gasteiger partial charge is 0.231 e. The zero-order valence-corrected chi connectivity index (χ0v) is 16.7. The van der Waals surface area contributed by atoms with Gasteiger partial charge in [-0.15, -0.1) is 0 Å². The molecule has 0 aliphatic rings. The highest BCUT2D eigenvalue weighted by atomic mass is 16.3. The first kappa shape index (κ1) is 17.5. The molecule has 3 aromatic heterocycles. The van der Waals surface area contributed by atoms with Crippen molar-refractivity contribution < 1.29 is 4.42 Å². The highest BCUT2D eigenvalue weighted by molar-refractivity contribution is 5.83. The lowest BCUT2D eigenvalue weighted by molar-refractivity contribution is 0.614. The lowest BCUT2D eigenvalue weighted by Gasteiger charge is -2.23. The van der Waals surface area contributed by atoms with Crippen LogP contribution in [-0.4, -0.2) is 20.1 Å². The van der Waals surface area contributed by atoms with Gasteiger partial charge in [-0.1, -0.05) is 30.3 Å². The summed E-state index contributed by atoms with van der Waals surface area (Å²) >= 11 is 0. The molecule has 0 unspecified atom stereocenters. The molecule has 0 radical (unpaired) electrons. The number of nitrogens with zero attached hydrogens (tertiary/aromatic N) is 3. The quantitative estimate of drug-likeness (QED) is 0.413. The van der Waals surface area contributed by atoms with E-state index in [2.05, 4.69) is 61.1 Å². The number of para-hydroxylation sites is 3. The molecule has 0 fully saturated rings. The average Bonchev–Trinajstić information content (AvgIpc) is 3.31. The Kier molecular flexibility index (Phi) is 3.91. The van der Waals surface area contributed by atoms with Gasteiger partial charge in [0.15, 0.2) is 5.58 Å². The molecular formula is C24H22N4O. The van der Waals surface area contributed by atoms with Crippen LogP contribution in [0, 0.1) is 0 Å². The van der Waals surface area contributed by atoms with Crippen molar-refractivity contribution in [3.05, 3.63) is 73.1 Å². The first-order chi connectivity index (χ1) is 14.0. The van der Waals surface area contributed by atoms with Crippen molar-refractivity contribution in [3.8, 4) is 17.1 Å². The number of benzene rings is 2. The molecule has 0 aliphatic heterocycles. The number of aromatic nitrogens is 3. The zero-order valence-electron chi connectivity index (χ0n) is 16.7. The minimum atomic E-state index is -0.143. The minimum Gasteiger partial charge on any atom is -0.436 e. The lowest BCUT2D eigenvalue weighted by Crippen LogP contribution is -2.27. The van der Waals surface area contributed by atoms with Crippen LogP contribution in [-0.2, 0) is 0 Å². The van der Waals surface area contributed by atoms with Crippen LogP contribution in [0.5, 0.6) is 0 Å². The minimum absolute atomic E-state index is 0.143. The number of anilines is 1. The molecule has 144 valence electrons. The van der Waals surface area contributed by atoms with E-state index >= 15 is 0 Å². The van der Waals surface area contributed by atoms with Crippen LogP contribution in [0.25, 0.3) is 39.1 Å². The fourth-order valence-corrected chi connectivity index (χ4v) is 3.50. The standard InChI is InChI=1S/C24H22N4O/c1-24(2,3)27-22-18(23-26-19-9-5-7-11-21(19)29-23)14-17(15-25-22)28-13-12-16-8-4-6-10-20(16)28/h4-15H,1-3H3,(H,25,27). The second-order valence-corrected chi connectivity index (χ2v) is 8.20. The number of fused-ring (bicyclic) bond motifs is 2. The molecule has 0 aliphatic carbocycles. The molecule has 0 bridgehead atoms. The Morgan fingerprint density at radius 3 is 2.59 bits per heavy atom. The molecule has 0 atom stereocenters. The maximum Gasteiger partial charge on any atom is 0.231 e. The summed E-state index contributed by atoms with van der Waals surface area (Å²) in [6.07, 6.45) is 3.95. The number of pyridine rings is 1. The summed E-state index contributed by atoms with van der Waals surface area (Å²) < 4.78 is 8.20. The summed E-state index contributed by atoms with van der Waals surface area (Å²) in [6, 6.07) is 20.3. The molecule has 5 heteroatoms. The molecule has 0 amide bonds. The van der Waals surface area contributed by atoms with Crippen molar-refractivity contribution in [2.45, 2.75) is 26.3 Å². The number of nitrogens with one attached hydrogen (secondary N) is 1. The van der Waals surface area contributed by atoms with E-state index in [-0.39, 0.29) is 5.54 Å². The molecule has 5 aromatic rings. The van der Waals surface area contributed by atoms with Crippen LogP contribution in [0.3, 0.4) is 0 Å². The van der Waals surface area contributed by atoms with Crippen LogP contribution in [0.4, 0.5) is 5.82 Å². The van der Waals surface area contributed by atoms with Gasteiger partial charge in [-0.3, -0.25) is 0 Å². The molecule has 3 heterocycles. The van der Waals surface area contributed by atoms with Gasteiger partial charge in [0.1, 0.15) is 11.3 Å². The van der Waals surface area contributed by atoms with Gasteiger partial charge in [0.2, 0.25) is 5.89 Å². The van der Waals surface area contributed by atoms with Crippen LogP contribution in [0.2, 0.25) is 0 Å². The normalized spacial score (nSPS) is 12.0. The molecule has 29 heavy (non-hydrogen) atoms. The number of hydrogen-bond acceptors (Lipinski definition) is 4. The summed E-state index contributed by atoms with van der Waals surface area (Å²) in [5.74, 6) is 1.31. The second-order valence-electron chi connectivity index (χ2n) is 8.20. The van der Waals surface area contributed by atoms with Crippen LogP contribution >= 0.6 is 0 Å². The summed E-state index contributed by atoms with van der Waals surface area (Å²) in [7, 11) is 0. The maximum atomic E-state index is 6.07. The van der Waals surface area contributed by atoms with Crippen molar-refractivity contribution in [1.29, 1.82) is 0 Å². The van der Waals surface area contributed by atoms with E-state index in [0.717, 1.165) is 33.7 Å². The van der Waals surface area contributed by atoms with E-state index in [9.17, 15) is 0 Å². The predicted molar refractivity (Wildman–Crippen MR) is 117 cm³/mol. The van der Waals surface area contributed by atoms with Crippen LogP contribution < -0.4 is 5.32 Å². The maximum absolute atomic E-state index is 6.07. The topological polar surface area (TPSA) is 55.9 Å². The SMILES string of the molecule is CC(C)(C)Nc1ncc(-n2ccc3ccccc32)cc1-c1nc2ccccc2o1. The van der Waals surface area contributed by atoms with E-state index in [1.165, 1.54) is 5.39 Å². The molecule has 5 nitrogen and oxygen atoms in total. The van der Waals surface area contributed by atoms with E-state index in [0.29, 0.717) is 5.89 Å². The Labute approximate surface area is 169 Å². The molecule has 1 N–H and O–H groups in total. The fourth-order valence-electron chi connectivity index (χ4n) is 3.50. The predicted octanol–water partition coefficient (Wildman–Crippen LogP) is 6.04. The van der Waals surface area contributed by atoms with Gasteiger partial charge in [-0.25, -0.2) is 9.97 Å². The fraction of sp³-hybridized carbons (Fsp3) is 0.167. The third-order valence-electron chi connectivity index (χ3n) is 4.77. The number of oxazole rings is 1. The van der Waals surface area contributed by atoms with Gasteiger partial charge in [-0.2, -0.15) is 0 Å². The Morgan fingerprint density at radius 1 is 0.966 bits per heavy atom. The molecule has 0 saturated carbocycles. The van der Waals surface area contributed by atoms with Gasteiger partial charge in [-0.05, 0) is 56.5 Å². The highest BCUT2D eigenvalue weighted by Gasteiger charge is 2.19. The van der Waals surface area contributed by atoms with Gasteiger partial charge < -0.3 is 14.3 Å². The highest BCUT2D eigenvalue weighted by Crippen LogP contribution is 2.33. The van der Waals surface area contributed by atoms with Crippen LogP contribution in [0.1, 0.15) is 20.8 Å². The third-order valence-corrected chi connectivity index (χ3v) is 4.77. The Hall–Kier alpha value is -3.60. The molecular weight excluding hydrogens is 360 g/mol. The van der Waals surface area contributed by atoms with Crippen molar-refractivity contribution in [1.82, 2.24) is 14.5 Å². The lowest BCUT2D eigenvalue weighted by atomic mass is 10.1. The van der Waals surface area contributed by atoms with Gasteiger partial charge in [0.25, 0.3) is 0 Å². The van der Waals surface area contributed by atoms with Gasteiger partial charge in [0.05, 0.1) is 23.0 Å². The summed E-state index contributed by atoms with van der Waals surface area (Å²) in [4.78, 5) is 9.44. The average molecular weight is 382 g/mol. The first-order valence-corrected chi connectivity index (χ1v) is 9.69. The largest absolute Gasteiger partial charge is 0.436 e. The third kappa shape index (κ3) is 3.25. The summed E-state index contributed by atoms with van der Waals surface area (Å²) in [5.41, 5.74) is 4.39. The van der Waals surface area contributed by atoms with Crippen LogP contribution in [0.15, 0.2) is 77.5 Å². The molecule has 0 saturated heterocycles. The summed E-state index contributed by atoms with van der Waals surface area (Å²) in [6.45, 7) is 6.33. The monoisotopic (exact) mass is 382 g/mol. The van der Waals surface area contributed by atoms with Crippen molar-refractivity contribution in [2.75, 3.05) is 5.32 Å². The van der Waals surface area contributed by atoms with Crippen molar-refractivity contribution in [2.24, 2.45) is 0 Å². The Bertz CT molecular complexity index is 1290. The number of hydrogen-bond donors (Lipinski definition) is 1. The zero-order chi connectivity index (χ0) is 20.0. The summed E-state index contributed by atoms with van der Waals surface area (Å²) in [5, 5.41) is 4.67.